The lowest BCUT2D eigenvalue weighted by Crippen LogP contribution is -2.37. The van der Waals surface area contributed by atoms with E-state index in [2.05, 4.69) is 10.6 Å². The summed E-state index contributed by atoms with van der Waals surface area (Å²) < 4.78 is 0. The quantitative estimate of drug-likeness (QED) is 0.744. The molecule has 4 nitrogen and oxygen atoms in total. The van der Waals surface area contributed by atoms with Gasteiger partial charge >= 0.3 is 0 Å². The molecule has 0 aliphatic heterocycles. The molecule has 1 rings (SSSR count). The number of rotatable bonds is 5. The fraction of sp³-hybridized carbons (Fsp3) is 0.273. The molecule has 0 heterocycles. The summed E-state index contributed by atoms with van der Waals surface area (Å²) in [4.78, 5) is 21.4. The van der Waals surface area contributed by atoms with Crippen molar-refractivity contribution < 1.29 is 9.59 Å². The van der Waals surface area contributed by atoms with Crippen molar-refractivity contribution in [3.63, 3.8) is 0 Å². The third-order valence-electron chi connectivity index (χ3n) is 1.78. The van der Waals surface area contributed by atoms with Crippen LogP contribution in [0.15, 0.2) is 30.3 Å². The van der Waals surface area contributed by atoms with Crippen molar-refractivity contribution in [3.8, 4) is 0 Å². The van der Waals surface area contributed by atoms with E-state index in [4.69, 9.17) is 0 Å². The van der Waals surface area contributed by atoms with Crippen LogP contribution in [0.1, 0.15) is 6.92 Å². The highest BCUT2D eigenvalue weighted by molar-refractivity contribution is 5.83. The second-order valence-electron chi connectivity index (χ2n) is 3.13. The van der Waals surface area contributed by atoms with E-state index in [0.717, 1.165) is 5.69 Å². The van der Waals surface area contributed by atoms with E-state index in [9.17, 15) is 9.59 Å². The molecule has 1 unspecified atom stereocenters. The number of hydrogen-bond donors (Lipinski definition) is 2. The lowest BCUT2D eigenvalue weighted by molar-refractivity contribution is -0.119. The van der Waals surface area contributed by atoms with Gasteiger partial charge in [-0.3, -0.25) is 9.59 Å². The van der Waals surface area contributed by atoms with Crippen LogP contribution in [-0.4, -0.2) is 24.8 Å². The minimum atomic E-state index is -0.560. The number of amides is 1. The van der Waals surface area contributed by atoms with Crippen molar-refractivity contribution in [3.05, 3.63) is 30.3 Å². The standard InChI is InChI=1S/C11H13N2O2/c1-9(8-14)13-11(15)7-12-10-5-3-2-4-6-10/h2-6,9,12H,7H2,1H3,(H,13,15). The number of carbonyl (C=O) groups is 1. The predicted octanol–water partition coefficient (Wildman–Crippen LogP) is 0.713. The van der Waals surface area contributed by atoms with E-state index in [0.29, 0.717) is 0 Å². The zero-order valence-electron chi connectivity index (χ0n) is 8.49. The van der Waals surface area contributed by atoms with Crippen molar-refractivity contribution >= 4 is 17.9 Å². The van der Waals surface area contributed by atoms with Gasteiger partial charge in [-0.25, -0.2) is 0 Å². The number of nitrogens with one attached hydrogen (secondary N) is 2. The summed E-state index contributed by atoms with van der Waals surface area (Å²) in [5.74, 6) is -0.227. The number of anilines is 1. The number of carbonyl (C=O) groups excluding carboxylic acids is 2. The van der Waals surface area contributed by atoms with Crippen LogP contribution in [0.3, 0.4) is 0 Å². The highest BCUT2D eigenvalue weighted by Gasteiger charge is 2.05. The average Bonchev–Trinajstić information content (AvgIpc) is 2.27. The Labute approximate surface area is 88.7 Å². The third kappa shape index (κ3) is 4.26. The van der Waals surface area contributed by atoms with Crippen LogP contribution in [0.2, 0.25) is 0 Å². The molecule has 1 aromatic rings. The number of para-hydroxylation sites is 1. The summed E-state index contributed by atoms with van der Waals surface area (Å²) in [7, 11) is 0. The number of benzene rings is 1. The van der Waals surface area contributed by atoms with Crippen molar-refractivity contribution in [2.24, 2.45) is 0 Å². The zero-order valence-corrected chi connectivity index (χ0v) is 8.49. The Morgan fingerprint density at radius 2 is 2.07 bits per heavy atom. The van der Waals surface area contributed by atoms with Crippen LogP contribution in [0.4, 0.5) is 5.69 Å². The molecule has 2 N–H and O–H groups in total. The Hall–Kier alpha value is -1.84. The Kier molecular flexibility index (Phi) is 4.34. The van der Waals surface area contributed by atoms with Gasteiger partial charge in [0.15, 0.2) is 0 Å². The minimum absolute atomic E-state index is 0.149. The normalized spacial score (nSPS) is 11.5. The summed E-state index contributed by atoms with van der Waals surface area (Å²) in [5.41, 5.74) is 0.871. The maximum absolute atomic E-state index is 11.2. The predicted molar refractivity (Wildman–Crippen MR) is 58.2 cm³/mol. The van der Waals surface area contributed by atoms with Crippen molar-refractivity contribution in [2.45, 2.75) is 13.0 Å². The van der Waals surface area contributed by atoms with Crippen molar-refractivity contribution in [1.29, 1.82) is 0 Å². The van der Waals surface area contributed by atoms with E-state index in [1.807, 2.05) is 30.3 Å². The lowest BCUT2D eigenvalue weighted by Gasteiger charge is -2.08. The molecule has 0 spiro atoms. The molecule has 0 saturated heterocycles. The van der Waals surface area contributed by atoms with Crippen LogP contribution in [0.25, 0.3) is 0 Å². The molecule has 0 aliphatic carbocycles. The molecule has 1 radical (unpaired) electrons. The molecule has 0 bridgehead atoms. The smallest absolute Gasteiger partial charge is 0.239 e. The molecule has 0 saturated carbocycles. The van der Waals surface area contributed by atoms with Gasteiger partial charge < -0.3 is 10.6 Å². The molecule has 0 fully saturated rings. The van der Waals surface area contributed by atoms with Crippen LogP contribution >= 0.6 is 0 Å². The second-order valence-corrected chi connectivity index (χ2v) is 3.13. The van der Waals surface area contributed by atoms with Crippen molar-refractivity contribution in [2.75, 3.05) is 11.9 Å². The molecule has 0 aliphatic rings. The van der Waals surface area contributed by atoms with Gasteiger partial charge in [0.2, 0.25) is 12.2 Å². The van der Waals surface area contributed by atoms with Gasteiger partial charge in [-0.05, 0) is 19.1 Å². The van der Waals surface area contributed by atoms with Gasteiger partial charge in [0, 0.05) is 5.69 Å². The van der Waals surface area contributed by atoms with Crippen LogP contribution in [-0.2, 0) is 9.59 Å². The molecule has 4 heteroatoms. The first-order valence-electron chi connectivity index (χ1n) is 4.68. The Bertz CT molecular complexity index is 325. The van der Waals surface area contributed by atoms with E-state index in [-0.39, 0.29) is 12.5 Å². The fourth-order valence-corrected chi connectivity index (χ4v) is 1.06. The molecular formula is C11H13N2O2. The maximum atomic E-state index is 11.2. The summed E-state index contributed by atoms with van der Waals surface area (Å²) in [6.45, 7) is 1.73. The highest BCUT2D eigenvalue weighted by atomic mass is 16.2. The Morgan fingerprint density at radius 3 is 2.67 bits per heavy atom. The van der Waals surface area contributed by atoms with E-state index in [1.54, 1.807) is 13.2 Å². The lowest BCUT2D eigenvalue weighted by atomic mass is 10.3. The van der Waals surface area contributed by atoms with E-state index in [1.165, 1.54) is 0 Å². The first-order chi connectivity index (χ1) is 7.22. The zero-order chi connectivity index (χ0) is 11.1. The maximum Gasteiger partial charge on any atom is 0.239 e. The first-order valence-corrected chi connectivity index (χ1v) is 4.68. The Morgan fingerprint density at radius 1 is 1.40 bits per heavy atom. The summed E-state index contributed by atoms with van der Waals surface area (Å²) in [6.07, 6.45) is 1.68. The summed E-state index contributed by atoms with van der Waals surface area (Å²) in [5, 5.41) is 5.41. The van der Waals surface area contributed by atoms with Crippen molar-refractivity contribution in [1.82, 2.24) is 5.32 Å². The second kappa shape index (κ2) is 5.80. The summed E-state index contributed by atoms with van der Waals surface area (Å²) in [6, 6.07) is 8.82. The summed E-state index contributed by atoms with van der Waals surface area (Å²) >= 11 is 0. The van der Waals surface area contributed by atoms with Crippen LogP contribution in [0, 0.1) is 0 Å². The number of hydrogen-bond acceptors (Lipinski definition) is 3. The van der Waals surface area contributed by atoms with Crippen LogP contribution < -0.4 is 10.6 Å². The van der Waals surface area contributed by atoms with Gasteiger partial charge in [-0.15, -0.1) is 0 Å². The first kappa shape index (κ1) is 11.2. The molecule has 79 valence electrons. The Balaban J connectivity index is 2.31. The molecule has 15 heavy (non-hydrogen) atoms. The minimum Gasteiger partial charge on any atom is -0.376 e. The SMILES string of the molecule is CC([C]=O)NC(=O)CNc1ccccc1. The fourth-order valence-electron chi connectivity index (χ4n) is 1.06. The average molecular weight is 205 g/mol. The molecule has 1 aromatic carbocycles. The highest BCUT2D eigenvalue weighted by Crippen LogP contribution is 2.03. The molecular weight excluding hydrogens is 192 g/mol. The monoisotopic (exact) mass is 205 g/mol. The van der Waals surface area contributed by atoms with E-state index < -0.39 is 6.04 Å². The topological polar surface area (TPSA) is 58.2 Å². The van der Waals surface area contributed by atoms with Crippen LogP contribution in [0.5, 0.6) is 0 Å². The van der Waals surface area contributed by atoms with Gasteiger partial charge in [0.1, 0.15) is 0 Å². The van der Waals surface area contributed by atoms with Gasteiger partial charge in [-0.2, -0.15) is 0 Å². The largest absolute Gasteiger partial charge is 0.376 e. The van der Waals surface area contributed by atoms with Gasteiger partial charge in [0.05, 0.1) is 12.6 Å². The van der Waals surface area contributed by atoms with Gasteiger partial charge in [-0.1, -0.05) is 18.2 Å². The van der Waals surface area contributed by atoms with Gasteiger partial charge in [0.25, 0.3) is 0 Å². The molecule has 0 aromatic heterocycles. The molecule has 1 amide bonds. The molecule has 1 atom stereocenters. The third-order valence-corrected chi connectivity index (χ3v) is 1.78. The van der Waals surface area contributed by atoms with E-state index >= 15 is 0 Å².